The summed E-state index contributed by atoms with van der Waals surface area (Å²) in [6.07, 6.45) is 6.18. The first-order valence-electron chi connectivity index (χ1n) is 4.07. The number of rotatable bonds is 4. The topological polar surface area (TPSA) is 17.1 Å². The maximum Gasteiger partial charge on any atom is 0.142 e. The predicted octanol–water partition coefficient (Wildman–Crippen LogP) is 2.37. The molecule has 0 unspecified atom stereocenters. The number of hydrogen-bond donors (Lipinski definition) is 0. The van der Waals surface area contributed by atoms with Crippen LogP contribution in [0, 0.1) is 0 Å². The van der Waals surface area contributed by atoms with Crippen LogP contribution in [0.25, 0.3) is 0 Å². The van der Waals surface area contributed by atoms with E-state index in [-0.39, 0.29) is 0 Å². The van der Waals surface area contributed by atoms with Crippen LogP contribution >= 0.6 is 0 Å². The van der Waals surface area contributed by atoms with E-state index in [9.17, 15) is 4.79 Å². The van der Waals surface area contributed by atoms with E-state index in [4.69, 9.17) is 0 Å². The molecule has 0 N–H and O–H groups in total. The Morgan fingerprint density at radius 2 is 1.92 bits per heavy atom. The van der Waals surface area contributed by atoms with Crippen molar-refractivity contribution in [3.8, 4) is 0 Å². The van der Waals surface area contributed by atoms with Gasteiger partial charge >= 0.3 is 0 Å². The van der Waals surface area contributed by atoms with Crippen molar-refractivity contribution in [1.82, 2.24) is 0 Å². The lowest BCUT2D eigenvalue weighted by Gasteiger charge is -1.95. The fraction of sp³-hybridized carbons (Fsp3) is 0.182. The zero-order chi connectivity index (χ0) is 8.65. The van der Waals surface area contributed by atoms with Crippen molar-refractivity contribution in [2.75, 3.05) is 0 Å². The van der Waals surface area contributed by atoms with E-state index >= 15 is 0 Å². The second kappa shape index (κ2) is 5.30. The average Bonchev–Trinajstić information content (AvgIpc) is 2.14. The van der Waals surface area contributed by atoms with Crippen LogP contribution in [0.3, 0.4) is 0 Å². The fourth-order valence-electron chi connectivity index (χ4n) is 1.05. The van der Waals surface area contributed by atoms with Crippen molar-refractivity contribution in [2.45, 2.75) is 12.8 Å². The highest BCUT2D eigenvalue weighted by Gasteiger charge is 1.86. The molecule has 62 valence electrons. The predicted molar refractivity (Wildman–Crippen MR) is 50.0 cm³/mol. The third-order valence-corrected chi connectivity index (χ3v) is 1.66. The molecule has 12 heavy (non-hydrogen) atoms. The van der Waals surface area contributed by atoms with Gasteiger partial charge in [-0.2, -0.15) is 0 Å². The third kappa shape index (κ3) is 3.15. The first kappa shape index (κ1) is 8.72. The Morgan fingerprint density at radius 3 is 2.58 bits per heavy atom. The van der Waals surface area contributed by atoms with Crippen LogP contribution in [0.15, 0.2) is 42.5 Å². The molecule has 1 nitrogen and oxygen atoms in total. The molecule has 0 aliphatic rings. The molecule has 0 heterocycles. The van der Waals surface area contributed by atoms with Gasteiger partial charge in [-0.15, -0.1) is 0 Å². The number of allylic oxidation sites excluding steroid dienone is 2. The van der Waals surface area contributed by atoms with Gasteiger partial charge in [0.1, 0.15) is 6.29 Å². The summed E-state index contributed by atoms with van der Waals surface area (Å²) in [5, 5.41) is 0. The Morgan fingerprint density at radius 1 is 1.17 bits per heavy atom. The van der Waals surface area contributed by atoms with Crippen molar-refractivity contribution >= 4 is 6.29 Å². The molecule has 0 radical (unpaired) electrons. The first-order valence-corrected chi connectivity index (χ1v) is 4.07. The van der Waals surface area contributed by atoms with E-state index in [2.05, 4.69) is 12.1 Å². The monoisotopic (exact) mass is 160 g/mol. The van der Waals surface area contributed by atoms with E-state index < -0.39 is 0 Å². The van der Waals surface area contributed by atoms with Crippen molar-refractivity contribution in [2.24, 2.45) is 0 Å². The zero-order valence-electron chi connectivity index (χ0n) is 6.94. The quantitative estimate of drug-likeness (QED) is 0.488. The largest absolute Gasteiger partial charge is 0.299 e. The van der Waals surface area contributed by atoms with Gasteiger partial charge in [0.25, 0.3) is 0 Å². The third-order valence-electron chi connectivity index (χ3n) is 1.66. The summed E-state index contributed by atoms with van der Waals surface area (Å²) in [6, 6.07) is 10.2. The minimum atomic E-state index is 0.811. The smallest absolute Gasteiger partial charge is 0.142 e. The Hall–Kier alpha value is -1.37. The molecular weight excluding hydrogens is 148 g/mol. The van der Waals surface area contributed by atoms with Gasteiger partial charge in [-0.3, -0.25) is 4.79 Å². The lowest BCUT2D eigenvalue weighted by atomic mass is 10.1. The minimum Gasteiger partial charge on any atom is -0.299 e. The molecular formula is C11H12O. The van der Waals surface area contributed by atoms with Gasteiger partial charge in [0.05, 0.1) is 0 Å². The highest BCUT2D eigenvalue weighted by atomic mass is 16.1. The molecule has 0 aliphatic carbocycles. The summed E-state index contributed by atoms with van der Waals surface area (Å²) in [5.41, 5.74) is 1.31. The van der Waals surface area contributed by atoms with Crippen molar-refractivity contribution in [3.05, 3.63) is 48.0 Å². The summed E-state index contributed by atoms with van der Waals surface area (Å²) in [7, 11) is 0. The summed E-state index contributed by atoms with van der Waals surface area (Å²) >= 11 is 0. The lowest BCUT2D eigenvalue weighted by Crippen LogP contribution is -1.80. The van der Waals surface area contributed by atoms with Gasteiger partial charge in [-0.25, -0.2) is 0 Å². The molecule has 0 saturated heterocycles. The van der Waals surface area contributed by atoms with Gasteiger partial charge in [0.2, 0.25) is 0 Å². The van der Waals surface area contributed by atoms with Crippen molar-refractivity contribution in [1.29, 1.82) is 0 Å². The van der Waals surface area contributed by atoms with Crippen LogP contribution in [0.5, 0.6) is 0 Å². The highest BCUT2D eigenvalue weighted by molar-refractivity contribution is 5.64. The van der Waals surface area contributed by atoms with Gasteiger partial charge < -0.3 is 0 Å². The SMILES string of the molecule is O=C/C=C\CCc1ccccc1. The van der Waals surface area contributed by atoms with Crippen LogP contribution in [-0.4, -0.2) is 6.29 Å². The molecule has 1 rings (SSSR count). The molecule has 1 heteroatoms. The van der Waals surface area contributed by atoms with E-state index in [0.29, 0.717) is 0 Å². The maximum absolute atomic E-state index is 9.93. The van der Waals surface area contributed by atoms with Crippen LogP contribution < -0.4 is 0 Å². The maximum atomic E-state index is 9.93. The van der Waals surface area contributed by atoms with Crippen LogP contribution in [-0.2, 0) is 11.2 Å². The second-order valence-electron chi connectivity index (χ2n) is 2.59. The Bertz CT molecular complexity index is 249. The van der Waals surface area contributed by atoms with E-state index in [1.165, 1.54) is 5.56 Å². The summed E-state index contributed by atoms with van der Waals surface area (Å²) in [5.74, 6) is 0. The highest BCUT2D eigenvalue weighted by Crippen LogP contribution is 2.02. The molecule has 0 atom stereocenters. The fourth-order valence-corrected chi connectivity index (χ4v) is 1.05. The van der Waals surface area contributed by atoms with Gasteiger partial charge in [-0.1, -0.05) is 36.4 Å². The summed E-state index contributed by atoms with van der Waals surface area (Å²) in [4.78, 5) is 9.93. The second-order valence-corrected chi connectivity index (χ2v) is 2.59. The Kier molecular flexibility index (Phi) is 3.86. The van der Waals surface area contributed by atoms with Gasteiger partial charge in [0, 0.05) is 0 Å². The number of carbonyl (C=O) groups excluding carboxylic acids is 1. The summed E-state index contributed by atoms with van der Waals surface area (Å²) in [6.45, 7) is 0. The number of aryl methyl sites for hydroxylation is 1. The molecule has 0 spiro atoms. The molecule has 1 aromatic carbocycles. The molecule has 0 saturated carbocycles. The Labute approximate surface area is 72.7 Å². The van der Waals surface area contributed by atoms with Crippen molar-refractivity contribution < 1.29 is 4.79 Å². The lowest BCUT2D eigenvalue weighted by molar-refractivity contribution is -0.104. The summed E-state index contributed by atoms with van der Waals surface area (Å²) < 4.78 is 0. The van der Waals surface area contributed by atoms with E-state index in [1.807, 2.05) is 24.3 Å². The number of aldehydes is 1. The molecule has 0 amide bonds. The normalized spacial score (nSPS) is 10.3. The first-order chi connectivity index (χ1) is 5.93. The van der Waals surface area contributed by atoms with Gasteiger partial charge in [-0.05, 0) is 24.5 Å². The number of carbonyl (C=O) groups is 1. The number of hydrogen-bond acceptors (Lipinski definition) is 1. The van der Waals surface area contributed by atoms with Gasteiger partial charge in [0.15, 0.2) is 0 Å². The van der Waals surface area contributed by atoms with Crippen LogP contribution in [0.4, 0.5) is 0 Å². The molecule has 0 bridgehead atoms. The van der Waals surface area contributed by atoms with Crippen LogP contribution in [0.1, 0.15) is 12.0 Å². The zero-order valence-corrected chi connectivity index (χ0v) is 6.94. The minimum absolute atomic E-state index is 0.811. The molecule has 1 aromatic rings. The standard InChI is InChI=1S/C11H12O/c12-10-6-2-5-9-11-7-3-1-4-8-11/h1-4,6-8,10H,5,9H2/b6-2-. The van der Waals surface area contributed by atoms with E-state index in [0.717, 1.165) is 19.1 Å². The average molecular weight is 160 g/mol. The van der Waals surface area contributed by atoms with E-state index in [1.54, 1.807) is 6.08 Å². The van der Waals surface area contributed by atoms with Crippen LogP contribution in [0.2, 0.25) is 0 Å². The van der Waals surface area contributed by atoms with Crippen molar-refractivity contribution in [3.63, 3.8) is 0 Å². The number of benzene rings is 1. The molecule has 0 aliphatic heterocycles. The molecule has 0 fully saturated rings. The molecule has 0 aromatic heterocycles. The Balaban J connectivity index is 2.33.